The van der Waals surface area contributed by atoms with Crippen LogP contribution in [-0.2, 0) is 30.5 Å². The number of thioether (sulfide) groups is 1. The molecule has 0 saturated carbocycles. The van der Waals surface area contributed by atoms with E-state index in [1.165, 1.54) is 11.8 Å². The Balaban J connectivity index is 2.75. The minimum Gasteiger partial charge on any atom is -0.461 e. The summed E-state index contributed by atoms with van der Waals surface area (Å²) in [5.74, 6) is -1.21. The lowest BCUT2D eigenvalue weighted by molar-refractivity contribution is -0.145. The molecule has 0 spiro atoms. The van der Waals surface area contributed by atoms with Gasteiger partial charge in [0, 0.05) is 6.42 Å². The van der Waals surface area contributed by atoms with E-state index in [9.17, 15) is 19.2 Å². The van der Waals surface area contributed by atoms with Crippen LogP contribution in [0.15, 0.2) is 30.3 Å². The van der Waals surface area contributed by atoms with Gasteiger partial charge in [0.15, 0.2) is 0 Å². The van der Waals surface area contributed by atoms with Crippen LogP contribution in [0.3, 0.4) is 0 Å². The van der Waals surface area contributed by atoms with Crippen molar-refractivity contribution in [2.45, 2.75) is 64.3 Å². The van der Waals surface area contributed by atoms with Crippen LogP contribution in [0.4, 0.5) is 4.79 Å². The summed E-state index contributed by atoms with van der Waals surface area (Å²) in [6, 6.07) is 7.18. The normalized spacial score (nSPS) is 12.9. The topological polar surface area (TPSA) is 137 Å². The molecule has 0 fully saturated rings. The van der Waals surface area contributed by atoms with E-state index < -0.39 is 41.6 Å². The Morgan fingerprint density at radius 2 is 1.69 bits per heavy atom. The van der Waals surface area contributed by atoms with Crippen molar-refractivity contribution >= 4 is 35.6 Å². The predicted octanol–water partition coefficient (Wildman–Crippen LogP) is 2.13. The highest BCUT2D eigenvalue weighted by Crippen LogP contribution is 2.10. The fraction of sp³-hybridized carbons (Fsp3) is 0.545. The Hall–Kier alpha value is -2.75. The lowest BCUT2D eigenvalue weighted by Gasteiger charge is -2.24. The number of esters is 1. The van der Waals surface area contributed by atoms with Crippen LogP contribution < -0.4 is 16.4 Å². The number of benzene rings is 1. The number of rotatable bonds is 12. The Morgan fingerprint density at radius 1 is 1.03 bits per heavy atom. The van der Waals surface area contributed by atoms with Crippen molar-refractivity contribution in [1.29, 1.82) is 0 Å². The summed E-state index contributed by atoms with van der Waals surface area (Å²) in [5.41, 5.74) is 5.44. The van der Waals surface area contributed by atoms with Gasteiger partial charge in [-0.25, -0.2) is 4.79 Å². The fourth-order valence-corrected chi connectivity index (χ4v) is 3.06. The van der Waals surface area contributed by atoms with Crippen LogP contribution in [0, 0.1) is 0 Å². The predicted molar refractivity (Wildman–Crippen MR) is 123 cm³/mol. The van der Waals surface area contributed by atoms with Crippen LogP contribution in [0.25, 0.3) is 0 Å². The standard InChI is InChI=1S/C22H33N3O6S/c1-22(2,3)31-21(29)25-17(20(28)24-16(19(23)27)12-13-32-4)10-11-18(26)30-14-15-8-6-5-7-9-15/h5-9,16-17H,10-14H2,1-4H3,(H2,23,27)(H,24,28)(H,25,29)/t16-,17-/m0/s1. The maximum absolute atomic E-state index is 12.8. The molecule has 2 atom stereocenters. The quantitative estimate of drug-likeness (QED) is 0.401. The van der Waals surface area contributed by atoms with Crippen molar-refractivity contribution in [3.63, 3.8) is 0 Å². The van der Waals surface area contributed by atoms with Gasteiger partial charge in [-0.3, -0.25) is 14.4 Å². The monoisotopic (exact) mass is 467 g/mol. The van der Waals surface area contributed by atoms with E-state index in [1.54, 1.807) is 20.8 Å². The maximum Gasteiger partial charge on any atom is 0.408 e. The number of nitrogens with one attached hydrogen (secondary N) is 2. The first-order valence-electron chi connectivity index (χ1n) is 10.3. The largest absolute Gasteiger partial charge is 0.461 e. The van der Waals surface area contributed by atoms with Gasteiger partial charge in [0.25, 0.3) is 0 Å². The average molecular weight is 468 g/mol. The molecule has 0 radical (unpaired) electrons. The van der Waals surface area contributed by atoms with Crippen LogP contribution in [0.1, 0.15) is 45.6 Å². The smallest absolute Gasteiger partial charge is 0.408 e. The zero-order valence-corrected chi connectivity index (χ0v) is 19.8. The molecule has 1 rings (SSSR count). The SMILES string of the molecule is CSCC[C@H](NC(=O)[C@H](CCC(=O)OCc1ccccc1)NC(=O)OC(C)(C)C)C(N)=O. The summed E-state index contributed by atoms with van der Waals surface area (Å²) in [6.07, 6.45) is 1.25. The van der Waals surface area contributed by atoms with Crippen molar-refractivity contribution in [2.24, 2.45) is 5.73 Å². The van der Waals surface area contributed by atoms with Gasteiger partial charge < -0.3 is 25.8 Å². The molecular formula is C22H33N3O6S. The van der Waals surface area contributed by atoms with E-state index in [0.29, 0.717) is 12.2 Å². The van der Waals surface area contributed by atoms with Crippen molar-refractivity contribution in [1.82, 2.24) is 10.6 Å². The number of ether oxygens (including phenoxy) is 2. The molecule has 0 aromatic heterocycles. The number of primary amides is 1. The summed E-state index contributed by atoms with van der Waals surface area (Å²) in [5, 5.41) is 5.02. The number of amides is 3. The third kappa shape index (κ3) is 11.6. The van der Waals surface area contributed by atoms with Gasteiger partial charge in [-0.1, -0.05) is 30.3 Å². The lowest BCUT2D eigenvalue weighted by atomic mass is 10.1. The van der Waals surface area contributed by atoms with Gasteiger partial charge in [0.1, 0.15) is 24.3 Å². The van der Waals surface area contributed by atoms with Gasteiger partial charge in [-0.2, -0.15) is 11.8 Å². The number of carbonyl (C=O) groups is 4. The summed E-state index contributed by atoms with van der Waals surface area (Å²) >= 11 is 1.51. The van der Waals surface area contributed by atoms with Crippen molar-refractivity contribution in [2.75, 3.05) is 12.0 Å². The molecule has 178 valence electrons. The molecular weight excluding hydrogens is 434 g/mol. The van der Waals surface area contributed by atoms with Gasteiger partial charge in [-0.05, 0) is 51.2 Å². The highest BCUT2D eigenvalue weighted by atomic mass is 32.2. The lowest BCUT2D eigenvalue weighted by Crippen LogP contribution is -2.53. The summed E-state index contributed by atoms with van der Waals surface area (Å²) in [7, 11) is 0. The molecule has 0 unspecified atom stereocenters. The average Bonchev–Trinajstić information content (AvgIpc) is 2.71. The number of carbonyl (C=O) groups excluding carboxylic acids is 4. The third-order valence-corrected chi connectivity index (χ3v) is 4.80. The van der Waals surface area contributed by atoms with Crippen LogP contribution >= 0.6 is 11.8 Å². The molecule has 9 nitrogen and oxygen atoms in total. The summed E-state index contributed by atoms with van der Waals surface area (Å²) < 4.78 is 10.4. The van der Waals surface area contributed by atoms with Gasteiger partial charge in [0.05, 0.1) is 0 Å². The Bertz CT molecular complexity index is 767. The molecule has 0 saturated heterocycles. The number of hydrogen-bond donors (Lipinski definition) is 3. The Labute approximate surface area is 193 Å². The van der Waals surface area contributed by atoms with Gasteiger partial charge in [-0.15, -0.1) is 0 Å². The molecule has 0 aliphatic rings. The molecule has 4 N–H and O–H groups in total. The van der Waals surface area contributed by atoms with Crippen molar-refractivity contribution in [3.8, 4) is 0 Å². The second-order valence-corrected chi connectivity index (χ2v) is 9.11. The summed E-state index contributed by atoms with van der Waals surface area (Å²) in [4.78, 5) is 48.8. The highest BCUT2D eigenvalue weighted by Gasteiger charge is 2.28. The van der Waals surface area contributed by atoms with Crippen molar-refractivity contribution in [3.05, 3.63) is 35.9 Å². The first-order valence-corrected chi connectivity index (χ1v) is 11.7. The minimum absolute atomic E-state index is 0.0350. The molecule has 0 aliphatic heterocycles. The van der Waals surface area contributed by atoms with E-state index in [0.717, 1.165) is 5.56 Å². The second-order valence-electron chi connectivity index (χ2n) is 8.13. The second kappa shape index (κ2) is 13.6. The molecule has 0 aliphatic carbocycles. The van der Waals surface area contributed by atoms with Crippen LogP contribution in [0.2, 0.25) is 0 Å². The first-order chi connectivity index (χ1) is 15.0. The molecule has 10 heteroatoms. The third-order valence-electron chi connectivity index (χ3n) is 4.16. The molecule has 0 bridgehead atoms. The Kier molecular flexibility index (Phi) is 11.6. The molecule has 1 aromatic rings. The van der Waals surface area contributed by atoms with Crippen LogP contribution in [-0.4, -0.2) is 53.6 Å². The Morgan fingerprint density at radius 3 is 2.25 bits per heavy atom. The molecule has 3 amide bonds. The van der Waals surface area contributed by atoms with E-state index in [-0.39, 0.29) is 19.4 Å². The minimum atomic E-state index is -1.11. The van der Waals surface area contributed by atoms with Gasteiger partial charge >= 0.3 is 12.1 Å². The zero-order valence-electron chi connectivity index (χ0n) is 19.0. The number of alkyl carbamates (subject to hydrolysis) is 1. The maximum atomic E-state index is 12.8. The van der Waals surface area contributed by atoms with E-state index in [1.807, 2.05) is 36.6 Å². The van der Waals surface area contributed by atoms with E-state index in [4.69, 9.17) is 15.2 Å². The van der Waals surface area contributed by atoms with E-state index >= 15 is 0 Å². The number of hydrogen-bond acceptors (Lipinski definition) is 7. The highest BCUT2D eigenvalue weighted by molar-refractivity contribution is 7.98. The zero-order chi connectivity index (χ0) is 24.1. The first kappa shape index (κ1) is 27.3. The van der Waals surface area contributed by atoms with Gasteiger partial charge in [0.2, 0.25) is 11.8 Å². The molecule has 1 aromatic carbocycles. The van der Waals surface area contributed by atoms with Crippen molar-refractivity contribution < 1.29 is 28.7 Å². The number of nitrogens with two attached hydrogens (primary N) is 1. The molecule has 0 heterocycles. The van der Waals surface area contributed by atoms with E-state index in [2.05, 4.69) is 10.6 Å². The molecule has 32 heavy (non-hydrogen) atoms. The summed E-state index contributed by atoms with van der Waals surface area (Å²) in [6.45, 7) is 5.17. The van der Waals surface area contributed by atoms with Crippen LogP contribution in [0.5, 0.6) is 0 Å². The fourth-order valence-electron chi connectivity index (χ4n) is 2.58.